The molecule has 0 radical (unpaired) electrons. The van der Waals surface area contributed by atoms with E-state index in [4.69, 9.17) is 16.3 Å². The number of amides is 1. The molecule has 2 aromatic carbocycles. The molecular weight excluding hydrogens is 420 g/mol. The first-order valence-electron chi connectivity index (χ1n) is 9.55. The minimum Gasteiger partial charge on any atom is -0.489 e. The molecule has 4 aromatic rings. The lowest BCUT2D eigenvalue weighted by molar-refractivity contribution is 0.0909. The molecule has 0 bridgehead atoms. The average molecular weight is 437 g/mol. The summed E-state index contributed by atoms with van der Waals surface area (Å²) in [5.74, 6) is 0.670. The first-order valence-corrected chi connectivity index (χ1v) is 9.93. The van der Waals surface area contributed by atoms with Gasteiger partial charge in [-0.3, -0.25) is 4.79 Å². The Morgan fingerprint density at radius 3 is 3.00 bits per heavy atom. The average Bonchev–Trinajstić information content (AvgIpc) is 3.41. The molecule has 1 aliphatic heterocycles. The highest BCUT2D eigenvalue weighted by Gasteiger charge is 2.29. The Hall–Kier alpha value is -3.79. The van der Waals surface area contributed by atoms with Crippen LogP contribution in [-0.2, 0) is 6.54 Å². The predicted molar refractivity (Wildman–Crippen MR) is 110 cm³/mol. The predicted octanol–water partition coefficient (Wildman–Crippen LogP) is 2.13. The summed E-state index contributed by atoms with van der Waals surface area (Å²) in [6, 6.07) is 12.5. The Morgan fingerprint density at radius 2 is 2.13 bits per heavy atom. The number of aryl methyl sites for hydroxylation is 1. The maximum absolute atomic E-state index is 12.8. The number of para-hydroxylation sites is 2. The van der Waals surface area contributed by atoms with E-state index < -0.39 is 11.9 Å². The van der Waals surface area contributed by atoms with Crippen LogP contribution in [0.1, 0.15) is 33.6 Å². The van der Waals surface area contributed by atoms with E-state index in [2.05, 4.69) is 30.9 Å². The van der Waals surface area contributed by atoms with Crippen LogP contribution in [0.5, 0.6) is 5.75 Å². The molecule has 1 amide bonds. The minimum absolute atomic E-state index is 0.0329. The number of carbonyl (C=O) groups excluding carboxylic acids is 1. The van der Waals surface area contributed by atoms with Gasteiger partial charge in [0.2, 0.25) is 5.82 Å². The van der Waals surface area contributed by atoms with E-state index >= 15 is 0 Å². The molecule has 2 aromatic heterocycles. The van der Waals surface area contributed by atoms with Gasteiger partial charge >= 0.3 is 0 Å². The van der Waals surface area contributed by atoms with Gasteiger partial charge in [-0.25, -0.2) is 9.67 Å². The molecule has 1 atom stereocenters. The van der Waals surface area contributed by atoms with Crippen LogP contribution in [0, 0.1) is 6.92 Å². The van der Waals surface area contributed by atoms with Gasteiger partial charge in [0.15, 0.2) is 5.82 Å². The second kappa shape index (κ2) is 7.80. The van der Waals surface area contributed by atoms with E-state index in [0.717, 1.165) is 11.1 Å². The number of hydrogen-bond donors (Lipinski definition) is 1. The van der Waals surface area contributed by atoms with Crippen LogP contribution >= 0.6 is 11.6 Å². The van der Waals surface area contributed by atoms with Crippen molar-refractivity contribution < 1.29 is 9.53 Å². The number of carbonyl (C=O) groups is 1. The Morgan fingerprint density at radius 1 is 1.26 bits per heavy atom. The molecule has 10 nitrogen and oxygen atoms in total. The first-order chi connectivity index (χ1) is 15.1. The van der Waals surface area contributed by atoms with Crippen molar-refractivity contribution >= 4 is 17.5 Å². The highest BCUT2D eigenvalue weighted by molar-refractivity contribution is 6.31. The van der Waals surface area contributed by atoms with E-state index in [1.54, 1.807) is 9.36 Å². The van der Waals surface area contributed by atoms with Crippen molar-refractivity contribution in [3.05, 3.63) is 76.6 Å². The highest BCUT2D eigenvalue weighted by atomic mass is 35.5. The number of nitrogens with one attached hydrogen (secondary N) is 1. The van der Waals surface area contributed by atoms with E-state index in [0.29, 0.717) is 28.8 Å². The van der Waals surface area contributed by atoms with E-state index in [1.807, 2.05) is 49.4 Å². The second-order valence-corrected chi connectivity index (χ2v) is 7.46. The van der Waals surface area contributed by atoms with E-state index in [9.17, 15) is 4.79 Å². The van der Waals surface area contributed by atoms with Crippen molar-refractivity contribution in [3.8, 4) is 11.4 Å². The van der Waals surface area contributed by atoms with Crippen molar-refractivity contribution in [1.29, 1.82) is 0 Å². The molecule has 0 spiro atoms. The van der Waals surface area contributed by atoms with Gasteiger partial charge in [-0.2, -0.15) is 4.68 Å². The lowest BCUT2D eigenvalue weighted by Gasteiger charge is -2.13. The van der Waals surface area contributed by atoms with Gasteiger partial charge in [0.25, 0.3) is 5.91 Å². The standard InChI is InChI=1S/C20H17ClN8O2/c1-12-5-4-6-14(21)13(12)9-28-11-22-18(25-28)20(30)23-15-10-31-17-8-3-2-7-16(17)29-19(15)24-26-27-29/h2-8,11,15H,9-10H2,1H3,(H,23,30)/t15-/m0/s1. The van der Waals surface area contributed by atoms with Crippen LogP contribution in [0.3, 0.4) is 0 Å². The first kappa shape index (κ1) is 19.2. The maximum Gasteiger partial charge on any atom is 0.291 e. The third-order valence-corrected chi connectivity index (χ3v) is 5.38. The number of fused-ring (bicyclic) bond motifs is 3. The smallest absolute Gasteiger partial charge is 0.291 e. The van der Waals surface area contributed by atoms with Gasteiger partial charge in [-0.05, 0) is 46.7 Å². The number of aromatic nitrogens is 7. The molecule has 0 unspecified atom stereocenters. The third kappa shape index (κ3) is 3.61. The summed E-state index contributed by atoms with van der Waals surface area (Å²) in [5.41, 5.74) is 2.67. The van der Waals surface area contributed by atoms with E-state index in [1.165, 1.54) is 6.33 Å². The Labute approximate surface area is 181 Å². The van der Waals surface area contributed by atoms with Crippen molar-refractivity contribution in [2.45, 2.75) is 19.5 Å². The van der Waals surface area contributed by atoms with Crippen LogP contribution < -0.4 is 10.1 Å². The van der Waals surface area contributed by atoms with Gasteiger partial charge in [0, 0.05) is 5.02 Å². The lowest BCUT2D eigenvalue weighted by atomic mass is 10.1. The molecule has 0 saturated heterocycles. The van der Waals surface area contributed by atoms with Crippen LogP contribution in [0.15, 0.2) is 48.8 Å². The largest absolute Gasteiger partial charge is 0.489 e. The molecule has 31 heavy (non-hydrogen) atoms. The van der Waals surface area contributed by atoms with Crippen molar-refractivity contribution in [3.63, 3.8) is 0 Å². The van der Waals surface area contributed by atoms with E-state index in [-0.39, 0.29) is 12.4 Å². The Balaban J connectivity index is 1.35. The normalized spacial score (nSPS) is 14.8. The number of nitrogens with zero attached hydrogens (tertiary/aromatic N) is 7. The molecule has 11 heteroatoms. The Bertz CT molecular complexity index is 1250. The van der Waals surface area contributed by atoms with Crippen LogP contribution in [0.4, 0.5) is 0 Å². The summed E-state index contributed by atoms with van der Waals surface area (Å²) in [6.45, 7) is 2.55. The van der Waals surface area contributed by atoms with Gasteiger partial charge in [0.05, 0.1) is 6.54 Å². The number of hydrogen-bond acceptors (Lipinski definition) is 7. The second-order valence-electron chi connectivity index (χ2n) is 7.05. The summed E-state index contributed by atoms with van der Waals surface area (Å²) in [7, 11) is 0. The molecule has 0 saturated carbocycles. The molecule has 1 aliphatic rings. The van der Waals surface area contributed by atoms with Gasteiger partial charge in [-0.15, -0.1) is 10.2 Å². The highest BCUT2D eigenvalue weighted by Crippen LogP contribution is 2.28. The van der Waals surface area contributed by atoms with Crippen LogP contribution in [0.25, 0.3) is 5.69 Å². The monoisotopic (exact) mass is 436 g/mol. The van der Waals surface area contributed by atoms with Crippen LogP contribution in [-0.4, -0.2) is 47.5 Å². The third-order valence-electron chi connectivity index (χ3n) is 5.02. The van der Waals surface area contributed by atoms with Crippen molar-refractivity contribution in [1.82, 2.24) is 40.3 Å². The van der Waals surface area contributed by atoms with Gasteiger partial charge in [0.1, 0.15) is 30.4 Å². The van der Waals surface area contributed by atoms with Gasteiger partial charge < -0.3 is 10.1 Å². The zero-order valence-corrected chi connectivity index (χ0v) is 17.2. The van der Waals surface area contributed by atoms with Gasteiger partial charge in [-0.1, -0.05) is 35.9 Å². The summed E-state index contributed by atoms with van der Waals surface area (Å²) >= 11 is 6.29. The summed E-state index contributed by atoms with van der Waals surface area (Å²) in [6.07, 6.45) is 1.50. The molecule has 0 aliphatic carbocycles. The molecular formula is C20H17ClN8O2. The minimum atomic E-state index is -0.576. The number of tetrazole rings is 1. The Kier molecular flexibility index (Phi) is 4.83. The molecule has 3 heterocycles. The number of rotatable bonds is 4. The number of halogens is 1. The van der Waals surface area contributed by atoms with Crippen molar-refractivity contribution in [2.24, 2.45) is 0 Å². The SMILES string of the molecule is Cc1cccc(Cl)c1Cn1cnc(C(=O)N[C@H]2COc3ccccc3-n3nnnc32)n1. The fourth-order valence-corrected chi connectivity index (χ4v) is 3.70. The number of ether oxygens (including phenoxy) is 1. The molecule has 0 fully saturated rings. The number of benzene rings is 2. The fourth-order valence-electron chi connectivity index (χ4n) is 3.42. The topological polar surface area (TPSA) is 113 Å². The summed E-state index contributed by atoms with van der Waals surface area (Å²) in [5, 5.41) is 19.7. The van der Waals surface area contributed by atoms with Crippen molar-refractivity contribution in [2.75, 3.05) is 6.61 Å². The molecule has 5 rings (SSSR count). The zero-order valence-electron chi connectivity index (χ0n) is 16.4. The lowest BCUT2D eigenvalue weighted by Crippen LogP contribution is -2.34. The fraction of sp³-hybridized carbons (Fsp3) is 0.200. The maximum atomic E-state index is 12.8. The summed E-state index contributed by atoms with van der Waals surface area (Å²) in [4.78, 5) is 17.0. The summed E-state index contributed by atoms with van der Waals surface area (Å²) < 4.78 is 8.98. The molecule has 1 N–H and O–H groups in total. The van der Waals surface area contributed by atoms with Crippen LogP contribution in [0.2, 0.25) is 5.02 Å². The quantitative estimate of drug-likeness (QED) is 0.521. The molecule has 156 valence electrons. The zero-order chi connectivity index (χ0) is 21.4.